The van der Waals surface area contributed by atoms with Crippen LogP contribution >= 0.6 is 0 Å². The average Bonchev–Trinajstić information content (AvgIpc) is 3.23. The molecule has 3 atom stereocenters. The van der Waals surface area contributed by atoms with E-state index in [-0.39, 0.29) is 47.7 Å². The number of fused-ring (bicyclic) bond motifs is 5. The maximum absolute atomic E-state index is 14.2. The normalized spacial score (nSPS) is 23.7. The third-order valence-corrected chi connectivity index (χ3v) is 7.87. The molecule has 1 fully saturated rings. The molecule has 5 rings (SSSR count). The SMILES string of the molecule is CCCCOc1c2n(cc(C(=O)NCc3ccc(F)cc3F)c1=O)[C@@H]1CN(C2=O)[C@@H](C)CC[C@]12CC(C)=NO2. The number of hydrogen-bond donors (Lipinski definition) is 1. The number of benzene rings is 1. The quantitative estimate of drug-likeness (QED) is 0.534. The van der Waals surface area contributed by atoms with Crippen molar-refractivity contribution in [3.63, 3.8) is 0 Å². The summed E-state index contributed by atoms with van der Waals surface area (Å²) in [5.41, 5.74) is -0.717. The first kappa shape index (κ1) is 26.8. The van der Waals surface area contributed by atoms with Crippen LogP contribution in [0.5, 0.6) is 5.75 Å². The second kappa shape index (κ2) is 10.4. The number of nitrogens with one attached hydrogen (secondary N) is 1. The van der Waals surface area contributed by atoms with E-state index in [1.165, 1.54) is 12.3 Å². The van der Waals surface area contributed by atoms with Gasteiger partial charge in [-0.1, -0.05) is 24.6 Å². The van der Waals surface area contributed by atoms with Crippen LogP contribution in [0.3, 0.4) is 0 Å². The zero-order valence-corrected chi connectivity index (χ0v) is 22.3. The summed E-state index contributed by atoms with van der Waals surface area (Å²) in [6.07, 6.45) is 4.71. The lowest BCUT2D eigenvalue weighted by molar-refractivity contribution is -0.0656. The Bertz CT molecular complexity index is 1410. The van der Waals surface area contributed by atoms with Gasteiger partial charge in [-0.3, -0.25) is 14.4 Å². The van der Waals surface area contributed by atoms with Gasteiger partial charge < -0.3 is 24.4 Å². The number of aromatic nitrogens is 1. The van der Waals surface area contributed by atoms with Crippen LogP contribution in [-0.2, 0) is 11.4 Å². The van der Waals surface area contributed by atoms with E-state index in [2.05, 4.69) is 10.5 Å². The third kappa shape index (κ3) is 4.79. The molecule has 0 saturated carbocycles. The minimum absolute atomic E-state index is 0.0664. The number of carbonyl (C=O) groups is 2. The van der Waals surface area contributed by atoms with Crippen molar-refractivity contribution < 1.29 is 27.9 Å². The van der Waals surface area contributed by atoms with Crippen molar-refractivity contribution in [2.24, 2.45) is 5.16 Å². The van der Waals surface area contributed by atoms with Crippen LogP contribution in [-0.4, -0.2) is 51.8 Å². The fourth-order valence-electron chi connectivity index (χ4n) is 5.66. The van der Waals surface area contributed by atoms with Gasteiger partial charge in [0.2, 0.25) is 5.43 Å². The molecule has 1 aromatic carbocycles. The molecular weight excluding hydrogens is 510 g/mol. The summed E-state index contributed by atoms with van der Waals surface area (Å²) < 4.78 is 35.0. The Kier molecular flexibility index (Phi) is 7.17. The van der Waals surface area contributed by atoms with Gasteiger partial charge >= 0.3 is 0 Å². The van der Waals surface area contributed by atoms with Gasteiger partial charge in [0.1, 0.15) is 17.2 Å². The second-order valence-corrected chi connectivity index (χ2v) is 10.6. The lowest BCUT2D eigenvalue weighted by Crippen LogP contribution is -2.52. The Morgan fingerprint density at radius 3 is 2.79 bits per heavy atom. The molecule has 2 amide bonds. The number of carbonyl (C=O) groups excluding carboxylic acids is 2. The molecule has 39 heavy (non-hydrogen) atoms. The summed E-state index contributed by atoms with van der Waals surface area (Å²) in [5.74, 6) is -2.82. The number of oxime groups is 1. The fourth-order valence-corrected chi connectivity index (χ4v) is 5.66. The van der Waals surface area contributed by atoms with Crippen molar-refractivity contribution in [3.05, 3.63) is 63.1 Å². The Hall–Kier alpha value is -3.76. The number of hydrogen-bond acceptors (Lipinski definition) is 6. The molecule has 11 heteroatoms. The van der Waals surface area contributed by atoms with Gasteiger partial charge in [-0.15, -0.1) is 0 Å². The second-order valence-electron chi connectivity index (χ2n) is 10.6. The van der Waals surface area contributed by atoms with Crippen molar-refractivity contribution >= 4 is 17.5 Å². The summed E-state index contributed by atoms with van der Waals surface area (Å²) in [4.78, 5) is 48.5. The molecular formula is C28H32F2N4O5. The summed E-state index contributed by atoms with van der Waals surface area (Å²) in [5, 5.41) is 6.77. The van der Waals surface area contributed by atoms with Crippen molar-refractivity contribution in [3.8, 4) is 5.75 Å². The number of nitrogens with zero attached hydrogens (tertiary/aromatic N) is 3. The number of halogens is 2. The fraction of sp³-hybridized carbons (Fsp3) is 0.500. The number of amides is 2. The molecule has 3 aliphatic rings. The minimum Gasteiger partial charge on any atom is -0.487 e. The molecule has 0 unspecified atom stereocenters. The molecule has 1 aromatic heterocycles. The molecule has 3 aliphatic heterocycles. The molecule has 208 valence electrons. The molecule has 0 aliphatic carbocycles. The van der Waals surface area contributed by atoms with Gasteiger partial charge in [-0.05, 0) is 39.2 Å². The van der Waals surface area contributed by atoms with Gasteiger partial charge in [0.25, 0.3) is 11.8 Å². The van der Waals surface area contributed by atoms with Crippen LogP contribution in [0, 0.1) is 11.6 Å². The van der Waals surface area contributed by atoms with Crippen LogP contribution < -0.4 is 15.5 Å². The maximum atomic E-state index is 14.2. The smallest absolute Gasteiger partial charge is 0.274 e. The maximum Gasteiger partial charge on any atom is 0.274 e. The Morgan fingerprint density at radius 1 is 1.31 bits per heavy atom. The van der Waals surface area contributed by atoms with Gasteiger partial charge in [0, 0.05) is 43.4 Å². The summed E-state index contributed by atoms with van der Waals surface area (Å²) in [7, 11) is 0. The van der Waals surface area contributed by atoms with Crippen molar-refractivity contribution in [2.75, 3.05) is 13.2 Å². The van der Waals surface area contributed by atoms with Crippen molar-refractivity contribution in [1.82, 2.24) is 14.8 Å². The molecule has 4 heterocycles. The topological polar surface area (TPSA) is 102 Å². The number of rotatable bonds is 7. The highest BCUT2D eigenvalue weighted by Gasteiger charge is 2.53. The van der Waals surface area contributed by atoms with E-state index >= 15 is 0 Å². The third-order valence-electron chi connectivity index (χ3n) is 7.87. The number of unbranched alkanes of at least 4 members (excludes halogenated alkanes) is 1. The summed E-state index contributed by atoms with van der Waals surface area (Å²) in [6.45, 7) is 6.09. The Balaban J connectivity index is 1.59. The average molecular weight is 543 g/mol. The minimum atomic E-state index is -0.810. The molecule has 2 bridgehead atoms. The van der Waals surface area contributed by atoms with Crippen LogP contribution in [0.2, 0.25) is 0 Å². The molecule has 9 nitrogen and oxygen atoms in total. The largest absolute Gasteiger partial charge is 0.487 e. The first-order valence-corrected chi connectivity index (χ1v) is 13.3. The lowest BCUT2D eigenvalue weighted by Gasteiger charge is -2.42. The summed E-state index contributed by atoms with van der Waals surface area (Å²) in [6, 6.07) is 2.53. The van der Waals surface area contributed by atoms with E-state index in [1.54, 1.807) is 9.47 Å². The first-order chi connectivity index (χ1) is 18.6. The van der Waals surface area contributed by atoms with Crippen molar-refractivity contribution in [1.29, 1.82) is 0 Å². The van der Waals surface area contributed by atoms with Crippen molar-refractivity contribution in [2.45, 2.75) is 77.1 Å². The molecule has 2 aromatic rings. The monoisotopic (exact) mass is 542 g/mol. The van der Waals surface area contributed by atoms with Crippen LogP contribution in [0.1, 0.15) is 85.3 Å². The van der Waals surface area contributed by atoms with Crippen LogP contribution in [0.25, 0.3) is 0 Å². The highest BCUT2D eigenvalue weighted by molar-refractivity contribution is 5.99. The van der Waals surface area contributed by atoms with Gasteiger partial charge in [0.15, 0.2) is 17.0 Å². The van der Waals surface area contributed by atoms with Crippen LogP contribution in [0.4, 0.5) is 8.78 Å². The Morgan fingerprint density at radius 2 is 2.10 bits per heavy atom. The van der Waals surface area contributed by atoms with E-state index in [4.69, 9.17) is 9.57 Å². The number of pyridine rings is 1. The standard InChI is InChI=1S/C28H32F2N4O5/c1-4-5-10-38-25-23-27(37)33-15-22(28(9-8-17(33)3)12-16(2)32-39-28)34(23)14-20(24(25)35)26(36)31-13-18-6-7-19(29)11-21(18)30/h6-7,11,14,17,22H,4-5,8-10,12-13,15H2,1-3H3,(H,31,36)/t17-,22+,28-/m0/s1. The van der Waals surface area contributed by atoms with E-state index in [1.807, 2.05) is 20.8 Å². The molecule has 1 N–H and O–H groups in total. The highest BCUT2D eigenvalue weighted by atomic mass is 19.1. The van der Waals surface area contributed by atoms with E-state index in [9.17, 15) is 23.2 Å². The zero-order valence-electron chi connectivity index (χ0n) is 22.3. The van der Waals surface area contributed by atoms with Gasteiger partial charge in [-0.25, -0.2) is 8.78 Å². The number of ether oxygens (including phenoxy) is 1. The lowest BCUT2D eigenvalue weighted by atomic mass is 9.84. The van der Waals surface area contributed by atoms with E-state index in [0.717, 1.165) is 24.3 Å². The molecule has 1 spiro atoms. The summed E-state index contributed by atoms with van der Waals surface area (Å²) >= 11 is 0. The van der Waals surface area contributed by atoms with E-state index in [0.29, 0.717) is 32.2 Å². The van der Waals surface area contributed by atoms with Gasteiger partial charge in [0.05, 0.1) is 18.4 Å². The predicted octanol–water partition coefficient (Wildman–Crippen LogP) is 3.95. The highest BCUT2D eigenvalue weighted by Crippen LogP contribution is 2.46. The Labute approximate surface area is 224 Å². The zero-order chi connectivity index (χ0) is 27.9. The molecule has 1 saturated heterocycles. The predicted molar refractivity (Wildman–Crippen MR) is 139 cm³/mol. The first-order valence-electron chi connectivity index (χ1n) is 13.3. The van der Waals surface area contributed by atoms with E-state index < -0.39 is 34.6 Å². The van der Waals surface area contributed by atoms with Gasteiger partial charge in [-0.2, -0.15) is 0 Å². The molecule has 0 radical (unpaired) electrons. The van der Waals surface area contributed by atoms with Crippen LogP contribution in [0.15, 0.2) is 34.3 Å².